The molecule has 92 valence electrons. The fourth-order valence-corrected chi connectivity index (χ4v) is 1.94. The number of aromatic nitrogens is 3. The molecule has 2 rings (SSSR count). The molecule has 0 unspecified atom stereocenters. The van der Waals surface area contributed by atoms with Gasteiger partial charge in [-0.2, -0.15) is 0 Å². The first-order chi connectivity index (χ1) is 8.31. The molecule has 0 atom stereocenters. The van der Waals surface area contributed by atoms with Gasteiger partial charge >= 0.3 is 0 Å². The van der Waals surface area contributed by atoms with E-state index in [1.165, 1.54) is 5.69 Å². The molecule has 4 nitrogen and oxygen atoms in total. The maximum absolute atomic E-state index is 4.34. The van der Waals surface area contributed by atoms with Gasteiger partial charge in [0.25, 0.3) is 0 Å². The molecule has 0 saturated heterocycles. The summed E-state index contributed by atoms with van der Waals surface area (Å²) in [5.41, 5.74) is 1.33. The Morgan fingerprint density at radius 1 is 1.35 bits per heavy atom. The summed E-state index contributed by atoms with van der Waals surface area (Å²) < 4.78 is 4.37. The van der Waals surface area contributed by atoms with Crippen LogP contribution in [0.25, 0.3) is 0 Å². The van der Waals surface area contributed by atoms with E-state index in [1.807, 2.05) is 19.4 Å². The van der Waals surface area contributed by atoms with Crippen molar-refractivity contribution in [3.8, 4) is 0 Å². The first-order valence-electron chi connectivity index (χ1n) is 6.12. The lowest BCUT2D eigenvalue weighted by Crippen LogP contribution is -2.16. The molecule has 0 fully saturated rings. The lowest BCUT2D eigenvalue weighted by Gasteiger charge is -2.09. The molecule has 2 aromatic heterocycles. The van der Waals surface area contributed by atoms with E-state index in [1.54, 1.807) is 0 Å². The van der Waals surface area contributed by atoms with Crippen molar-refractivity contribution >= 4 is 0 Å². The predicted molar refractivity (Wildman–Crippen MR) is 68.7 cm³/mol. The normalized spacial score (nSPS) is 10.9. The van der Waals surface area contributed by atoms with Gasteiger partial charge in [-0.05, 0) is 18.7 Å². The van der Waals surface area contributed by atoms with Gasteiger partial charge in [-0.1, -0.05) is 6.92 Å². The van der Waals surface area contributed by atoms with Crippen LogP contribution in [-0.2, 0) is 26.6 Å². The Bertz CT molecular complexity index is 455. The minimum absolute atomic E-state index is 0.935. The van der Waals surface area contributed by atoms with Crippen LogP contribution in [0.1, 0.15) is 18.4 Å². The Hall–Kier alpha value is -1.55. The molecular formula is C13H20N4. The third-order valence-electron chi connectivity index (χ3n) is 2.98. The molecule has 0 aliphatic rings. The van der Waals surface area contributed by atoms with Crippen molar-refractivity contribution in [2.24, 2.45) is 7.05 Å². The zero-order valence-corrected chi connectivity index (χ0v) is 10.6. The predicted octanol–water partition coefficient (Wildman–Crippen LogP) is 1.57. The first-order valence-corrected chi connectivity index (χ1v) is 6.12. The van der Waals surface area contributed by atoms with E-state index in [4.69, 9.17) is 0 Å². The molecule has 2 heterocycles. The van der Waals surface area contributed by atoms with Gasteiger partial charge in [-0.25, -0.2) is 4.98 Å². The van der Waals surface area contributed by atoms with Gasteiger partial charge < -0.3 is 14.5 Å². The van der Waals surface area contributed by atoms with Crippen LogP contribution in [0.4, 0.5) is 0 Å². The number of imidazole rings is 1. The summed E-state index contributed by atoms with van der Waals surface area (Å²) in [7, 11) is 2.04. The number of hydrogen-bond donors (Lipinski definition) is 1. The SMILES string of the molecule is CCNCc1cccn1CCc1nccn1C. The summed E-state index contributed by atoms with van der Waals surface area (Å²) in [6.07, 6.45) is 6.95. The lowest BCUT2D eigenvalue weighted by molar-refractivity contribution is 0.602. The van der Waals surface area contributed by atoms with E-state index in [0.29, 0.717) is 0 Å². The highest BCUT2D eigenvalue weighted by Gasteiger charge is 2.03. The van der Waals surface area contributed by atoms with Crippen molar-refractivity contribution in [2.75, 3.05) is 6.54 Å². The van der Waals surface area contributed by atoms with Crippen LogP contribution in [0.5, 0.6) is 0 Å². The Labute approximate surface area is 102 Å². The van der Waals surface area contributed by atoms with Gasteiger partial charge in [-0.15, -0.1) is 0 Å². The largest absolute Gasteiger partial charge is 0.350 e. The van der Waals surface area contributed by atoms with Gasteiger partial charge in [0, 0.05) is 50.8 Å². The van der Waals surface area contributed by atoms with E-state index in [0.717, 1.165) is 31.9 Å². The van der Waals surface area contributed by atoms with Crippen molar-refractivity contribution in [1.29, 1.82) is 0 Å². The van der Waals surface area contributed by atoms with Crippen molar-refractivity contribution in [3.63, 3.8) is 0 Å². The van der Waals surface area contributed by atoms with Gasteiger partial charge in [0.1, 0.15) is 5.82 Å². The second-order valence-electron chi connectivity index (χ2n) is 4.18. The minimum Gasteiger partial charge on any atom is -0.350 e. The second kappa shape index (κ2) is 5.68. The number of nitrogens with zero attached hydrogens (tertiary/aromatic N) is 3. The highest BCUT2D eigenvalue weighted by atomic mass is 15.1. The zero-order chi connectivity index (χ0) is 12.1. The van der Waals surface area contributed by atoms with Crippen LogP contribution in [0.15, 0.2) is 30.7 Å². The molecule has 0 radical (unpaired) electrons. The molecule has 0 aliphatic carbocycles. The third kappa shape index (κ3) is 2.97. The summed E-state index contributed by atoms with van der Waals surface area (Å²) >= 11 is 0. The quantitative estimate of drug-likeness (QED) is 0.820. The minimum atomic E-state index is 0.935. The van der Waals surface area contributed by atoms with Crippen LogP contribution in [0.2, 0.25) is 0 Å². The van der Waals surface area contributed by atoms with Crippen LogP contribution in [-0.4, -0.2) is 20.7 Å². The molecule has 17 heavy (non-hydrogen) atoms. The van der Waals surface area contributed by atoms with E-state index < -0.39 is 0 Å². The lowest BCUT2D eigenvalue weighted by atomic mass is 10.3. The third-order valence-corrected chi connectivity index (χ3v) is 2.98. The second-order valence-corrected chi connectivity index (χ2v) is 4.18. The molecule has 0 aliphatic heterocycles. The van der Waals surface area contributed by atoms with Crippen LogP contribution in [0, 0.1) is 0 Å². The van der Waals surface area contributed by atoms with Crippen molar-refractivity contribution in [3.05, 3.63) is 42.2 Å². The smallest absolute Gasteiger partial charge is 0.110 e. The van der Waals surface area contributed by atoms with Crippen molar-refractivity contribution in [2.45, 2.75) is 26.4 Å². The van der Waals surface area contributed by atoms with E-state index in [9.17, 15) is 0 Å². The summed E-state index contributed by atoms with van der Waals surface area (Å²) in [6, 6.07) is 4.27. The Morgan fingerprint density at radius 3 is 2.94 bits per heavy atom. The summed E-state index contributed by atoms with van der Waals surface area (Å²) in [5.74, 6) is 1.13. The molecule has 0 saturated carbocycles. The fraction of sp³-hybridized carbons (Fsp3) is 0.462. The first kappa shape index (κ1) is 11.9. The fourth-order valence-electron chi connectivity index (χ4n) is 1.94. The number of hydrogen-bond acceptors (Lipinski definition) is 2. The molecule has 2 aromatic rings. The van der Waals surface area contributed by atoms with Crippen molar-refractivity contribution in [1.82, 2.24) is 19.4 Å². The van der Waals surface area contributed by atoms with Crippen LogP contribution >= 0.6 is 0 Å². The number of aryl methyl sites for hydroxylation is 3. The van der Waals surface area contributed by atoms with E-state index in [2.05, 4.69) is 44.7 Å². The molecule has 0 aromatic carbocycles. The summed E-state index contributed by atoms with van der Waals surface area (Å²) in [5, 5.41) is 3.35. The van der Waals surface area contributed by atoms with Crippen molar-refractivity contribution < 1.29 is 0 Å². The van der Waals surface area contributed by atoms with Gasteiger partial charge in [0.2, 0.25) is 0 Å². The molecule has 0 amide bonds. The molecular weight excluding hydrogens is 212 g/mol. The van der Waals surface area contributed by atoms with Gasteiger partial charge in [0.15, 0.2) is 0 Å². The highest BCUT2D eigenvalue weighted by molar-refractivity contribution is 5.07. The average Bonchev–Trinajstić information content (AvgIpc) is 2.93. The maximum atomic E-state index is 4.34. The van der Waals surface area contributed by atoms with E-state index >= 15 is 0 Å². The zero-order valence-electron chi connectivity index (χ0n) is 10.6. The molecule has 0 bridgehead atoms. The molecule has 1 N–H and O–H groups in total. The van der Waals surface area contributed by atoms with Gasteiger partial charge in [0.05, 0.1) is 0 Å². The monoisotopic (exact) mass is 232 g/mol. The highest BCUT2D eigenvalue weighted by Crippen LogP contribution is 2.05. The average molecular weight is 232 g/mol. The Kier molecular flexibility index (Phi) is 3.98. The standard InChI is InChI=1S/C13H20N4/c1-3-14-11-12-5-4-8-17(12)9-6-13-15-7-10-16(13)2/h4-5,7-8,10,14H,3,6,9,11H2,1-2H3. The van der Waals surface area contributed by atoms with Crippen LogP contribution in [0.3, 0.4) is 0 Å². The number of rotatable bonds is 6. The number of nitrogens with one attached hydrogen (secondary N) is 1. The molecule has 4 heteroatoms. The van der Waals surface area contributed by atoms with E-state index in [-0.39, 0.29) is 0 Å². The Balaban J connectivity index is 1.95. The molecule has 0 spiro atoms. The topological polar surface area (TPSA) is 34.8 Å². The maximum Gasteiger partial charge on any atom is 0.110 e. The van der Waals surface area contributed by atoms with Gasteiger partial charge in [-0.3, -0.25) is 0 Å². The van der Waals surface area contributed by atoms with Crippen LogP contribution < -0.4 is 5.32 Å². The summed E-state index contributed by atoms with van der Waals surface area (Å²) in [4.78, 5) is 4.34. The Morgan fingerprint density at radius 2 is 2.24 bits per heavy atom. The summed E-state index contributed by atoms with van der Waals surface area (Å²) in [6.45, 7) is 5.05.